The highest BCUT2D eigenvalue weighted by Gasteiger charge is 2.37. The molecule has 1 saturated heterocycles. The van der Waals surface area contributed by atoms with Crippen LogP contribution < -0.4 is 0 Å². The second-order valence-corrected chi connectivity index (χ2v) is 8.78. The maximum absolute atomic E-state index is 9.94. The Morgan fingerprint density at radius 3 is 2.30 bits per heavy atom. The summed E-state index contributed by atoms with van der Waals surface area (Å²) in [6, 6.07) is 0. The Bertz CT molecular complexity index is 301. The van der Waals surface area contributed by atoms with Crippen LogP contribution in [-0.4, -0.2) is 36.2 Å². The fourth-order valence-corrected chi connectivity index (χ4v) is 4.54. The standard InChI is InChI=1S/C18H35NO/c1-15-6-5-9-18(12-15,14-20)13-19-10-7-16(8-11-19)17(2,3)4/h15-16,20H,5-14H2,1-4H3. The summed E-state index contributed by atoms with van der Waals surface area (Å²) in [6.07, 6.45) is 7.78. The molecule has 0 aromatic heterocycles. The van der Waals surface area contributed by atoms with Gasteiger partial charge in [-0.1, -0.05) is 40.5 Å². The monoisotopic (exact) mass is 281 g/mol. The molecule has 2 heteroatoms. The number of nitrogens with zero attached hydrogens (tertiary/aromatic N) is 1. The number of likely N-dealkylation sites (tertiary alicyclic amines) is 1. The minimum atomic E-state index is 0.201. The van der Waals surface area contributed by atoms with E-state index in [1.807, 2.05) is 0 Å². The molecule has 1 heterocycles. The Labute approximate surface area is 125 Å². The first-order valence-electron chi connectivity index (χ1n) is 8.68. The van der Waals surface area contributed by atoms with Crippen LogP contribution in [0, 0.1) is 22.7 Å². The van der Waals surface area contributed by atoms with Crippen LogP contribution in [0.15, 0.2) is 0 Å². The van der Waals surface area contributed by atoms with Crippen molar-refractivity contribution in [3.05, 3.63) is 0 Å². The largest absolute Gasteiger partial charge is 0.396 e. The van der Waals surface area contributed by atoms with Crippen LogP contribution in [0.2, 0.25) is 0 Å². The van der Waals surface area contributed by atoms with Gasteiger partial charge in [-0.2, -0.15) is 0 Å². The van der Waals surface area contributed by atoms with Crippen molar-refractivity contribution in [2.75, 3.05) is 26.2 Å². The van der Waals surface area contributed by atoms with Crippen LogP contribution in [0.3, 0.4) is 0 Å². The van der Waals surface area contributed by atoms with Crippen molar-refractivity contribution in [3.8, 4) is 0 Å². The minimum absolute atomic E-state index is 0.201. The molecule has 2 fully saturated rings. The molecular formula is C18H35NO. The Morgan fingerprint density at radius 2 is 1.80 bits per heavy atom. The smallest absolute Gasteiger partial charge is 0.0499 e. The number of rotatable bonds is 3. The van der Waals surface area contributed by atoms with Gasteiger partial charge in [0.15, 0.2) is 0 Å². The summed E-state index contributed by atoms with van der Waals surface area (Å²) in [4.78, 5) is 2.64. The summed E-state index contributed by atoms with van der Waals surface area (Å²) in [5.41, 5.74) is 0.659. The number of aliphatic hydroxyl groups is 1. The highest BCUT2D eigenvalue weighted by atomic mass is 16.3. The molecule has 0 aromatic rings. The van der Waals surface area contributed by atoms with Crippen LogP contribution in [0.4, 0.5) is 0 Å². The van der Waals surface area contributed by atoms with E-state index < -0.39 is 0 Å². The van der Waals surface area contributed by atoms with Gasteiger partial charge in [-0.15, -0.1) is 0 Å². The first kappa shape index (κ1) is 16.3. The predicted molar refractivity (Wildman–Crippen MR) is 85.8 cm³/mol. The lowest BCUT2D eigenvalue weighted by Gasteiger charge is -2.45. The fraction of sp³-hybridized carbons (Fsp3) is 1.00. The number of aliphatic hydroxyl groups excluding tert-OH is 1. The van der Waals surface area contributed by atoms with Gasteiger partial charge in [-0.25, -0.2) is 0 Å². The van der Waals surface area contributed by atoms with Gasteiger partial charge in [-0.3, -0.25) is 0 Å². The lowest BCUT2D eigenvalue weighted by Crippen LogP contribution is -2.47. The van der Waals surface area contributed by atoms with Gasteiger partial charge in [0.05, 0.1) is 0 Å². The molecule has 1 aliphatic carbocycles. The molecule has 1 N–H and O–H groups in total. The molecule has 20 heavy (non-hydrogen) atoms. The van der Waals surface area contributed by atoms with E-state index in [1.54, 1.807) is 0 Å². The Hall–Kier alpha value is -0.0800. The topological polar surface area (TPSA) is 23.5 Å². The lowest BCUT2D eigenvalue weighted by atomic mass is 9.69. The zero-order chi connectivity index (χ0) is 14.8. The van der Waals surface area contributed by atoms with Gasteiger partial charge >= 0.3 is 0 Å². The summed E-state index contributed by atoms with van der Waals surface area (Å²) in [5, 5.41) is 9.94. The molecule has 118 valence electrons. The van der Waals surface area contributed by atoms with Crippen LogP contribution in [0.25, 0.3) is 0 Å². The van der Waals surface area contributed by atoms with Crippen molar-refractivity contribution in [1.29, 1.82) is 0 Å². The highest BCUT2D eigenvalue weighted by molar-refractivity contribution is 4.90. The van der Waals surface area contributed by atoms with Crippen molar-refractivity contribution < 1.29 is 5.11 Å². The summed E-state index contributed by atoms with van der Waals surface area (Å²) in [5.74, 6) is 1.66. The maximum atomic E-state index is 9.94. The van der Waals surface area contributed by atoms with E-state index in [9.17, 15) is 5.11 Å². The Balaban J connectivity index is 1.87. The minimum Gasteiger partial charge on any atom is -0.396 e. The van der Waals surface area contributed by atoms with E-state index in [2.05, 4.69) is 32.6 Å². The first-order chi connectivity index (χ1) is 9.35. The number of hydrogen-bond acceptors (Lipinski definition) is 2. The van der Waals surface area contributed by atoms with Crippen LogP contribution in [-0.2, 0) is 0 Å². The molecular weight excluding hydrogens is 246 g/mol. The van der Waals surface area contributed by atoms with E-state index in [4.69, 9.17) is 0 Å². The Kier molecular flexibility index (Phi) is 5.18. The Morgan fingerprint density at radius 1 is 1.15 bits per heavy atom. The molecule has 1 aliphatic heterocycles. The van der Waals surface area contributed by atoms with E-state index >= 15 is 0 Å². The normalized spacial score (nSPS) is 34.4. The fourth-order valence-electron chi connectivity index (χ4n) is 4.54. The molecule has 0 amide bonds. The van der Waals surface area contributed by atoms with Crippen LogP contribution in [0.5, 0.6) is 0 Å². The molecule has 0 spiro atoms. The molecule has 2 unspecified atom stereocenters. The quantitative estimate of drug-likeness (QED) is 0.847. The van der Waals surface area contributed by atoms with Gasteiger partial charge < -0.3 is 10.0 Å². The molecule has 2 nitrogen and oxygen atoms in total. The van der Waals surface area contributed by atoms with Crippen LogP contribution >= 0.6 is 0 Å². The molecule has 2 atom stereocenters. The van der Waals surface area contributed by atoms with E-state index in [1.165, 1.54) is 51.6 Å². The second-order valence-electron chi connectivity index (χ2n) is 8.78. The molecule has 0 bridgehead atoms. The van der Waals surface area contributed by atoms with Crippen molar-refractivity contribution in [3.63, 3.8) is 0 Å². The van der Waals surface area contributed by atoms with Crippen molar-refractivity contribution in [2.24, 2.45) is 22.7 Å². The summed E-state index contributed by atoms with van der Waals surface area (Å²) in [7, 11) is 0. The second kappa shape index (κ2) is 6.36. The van der Waals surface area contributed by atoms with E-state index in [-0.39, 0.29) is 5.41 Å². The molecule has 2 aliphatic rings. The molecule has 1 saturated carbocycles. The lowest BCUT2D eigenvalue weighted by molar-refractivity contribution is 0.00646. The van der Waals surface area contributed by atoms with Crippen molar-refractivity contribution in [1.82, 2.24) is 4.90 Å². The predicted octanol–water partition coefficient (Wildman–Crippen LogP) is 3.93. The summed E-state index contributed by atoms with van der Waals surface area (Å²) >= 11 is 0. The van der Waals surface area contributed by atoms with E-state index in [0.717, 1.165) is 18.4 Å². The highest BCUT2D eigenvalue weighted by Crippen LogP contribution is 2.41. The summed E-state index contributed by atoms with van der Waals surface area (Å²) in [6.45, 7) is 13.5. The molecule has 2 rings (SSSR count). The van der Waals surface area contributed by atoms with Crippen molar-refractivity contribution in [2.45, 2.75) is 66.2 Å². The van der Waals surface area contributed by atoms with E-state index in [0.29, 0.717) is 12.0 Å². The number of piperidine rings is 1. The molecule has 0 radical (unpaired) electrons. The number of hydrogen-bond donors (Lipinski definition) is 1. The molecule has 0 aromatic carbocycles. The average Bonchev–Trinajstić information content (AvgIpc) is 2.38. The van der Waals surface area contributed by atoms with Crippen molar-refractivity contribution >= 4 is 0 Å². The van der Waals surface area contributed by atoms with Gasteiger partial charge in [0.2, 0.25) is 0 Å². The third-order valence-electron chi connectivity index (χ3n) is 5.89. The summed E-state index contributed by atoms with van der Waals surface area (Å²) < 4.78 is 0. The zero-order valence-corrected chi connectivity index (χ0v) is 14.1. The first-order valence-corrected chi connectivity index (χ1v) is 8.68. The van der Waals surface area contributed by atoms with Gasteiger partial charge in [0.25, 0.3) is 0 Å². The van der Waals surface area contributed by atoms with Crippen LogP contribution in [0.1, 0.15) is 66.2 Å². The zero-order valence-electron chi connectivity index (χ0n) is 14.1. The average molecular weight is 281 g/mol. The third-order valence-corrected chi connectivity index (χ3v) is 5.89. The SMILES string of the molecule is CC1CCCC(CO)(CN2CCC(C(C)(C)C)CC2)C1. The third kappa shape index (κ3) is 3.98. The maximum Gasteiger partial charge on any atom is 0.0499 e. The van der Waals surface area contributed by atoms with Gasteiger partial charge in [0.1, 0.15) is 0 Å². The van der Waals surface area contributed by atoms with Gasteiger partial charge in [0, 0.05) is 18.6 Å². The van der Waals surface area contributed by atoms with Gasteiger partial charge in [-0.05, 0) is 56.0 Å².